The SMILES string of the molecule is COc1ccc(C(=O)NCC2CCC(c3ccccc3)CC2)c(OC)c1OC. The number of methoxy groups -OCH3 is 3. The number of amides is 1. The summed E-state index contributed by atoms with van der Waals surface area (Å²) in [4.78, 5) is 12.7. The second kappa shape index (κ2) is 9.49. The number of ether oxygens (including phenoxy) is 3. The molecule has 0 unspecified atom stereocenters. The number of benzene rings is 2. The van der Waals surface area contributed by atoms with E-state index in [9.17, 15) is 4.79 Å². The molecule has 5 nitrogen and oxygen atoms in total. The Bertz CT molecular complexity index is 783. The van der Waals surface area contributed by atoms with E-state index in [1.165, 1.54) is 32.6 Å². The fourth-order valence-corrected chi connectivity index (χ4v) is 4.04. The molecule has 28 heavy (non-hydrogen) atoms. The molecule has 0 bridgehead atoms. The molecule has 0 heterocycles. The average molecular weight is 383 g/mol. The van der Waals surface area contributed by atoms with Crippen LogP contribution in [0, 0.1) is 5.92 Å². The van der Waals surface area contributed by atoms with Gasteiger partial charge in [0.1, 0.15) is 0 Å². The Kier molecular flexibility index (Phi) is 6.80. The topological polar surface area (TPSA) is 56.8 Å². The van der Waals surface area contributed by atoms with Crippen molar-refractivity contribution in [1.82, 2.24) is 5.32 Å². The van der Waals surface area contributed by atoms with E-state index in [2.05, 4.69) is 35.6 Å². The second-order valence-electron chi connectivity index (χ2n) is 7.22. The first-order valence-corrected chi connectivity index (χ1v) is 9.80. The maximum Gasteiger partial charge on any atom is 0.255 e. The molecule has 1 aliphatic carbocycles. The van der Waals surface area contributed by atoms with Crippen molar-refractivity contribution in [2.45, 2.75) is 31.6 Å². The van der Waals surface area contributed by atoms with E-state index in [1.54, 1.807) is 19.2 Å². The third kappa shape index (κ3) is 4.41. The van der Waals surface area contributed by atoms with Crippen molar-refractivity contribution in [3.8, 4) is 17.2 Å². The molecule has 1 fully saturated rings. The third-order valence-corrected chi connectivity index (χ3v) is 5.62. The summed E-state index contributed by atoms with van der Waals surface area (Å²) in [6, 6.07) is 14.2. The monoisotopic (exact) mass is 383 g/mol. The van der Waals surface area contributed by atoms with Gasteiger partial charge in [-0.05, 0) is 55.2 Å². The first-order valence-electron chi connectivity index (χ1n) is 9.80. The molecular formula is C23H29NO4. The highest BCUT2D eigenvalue weighted by molar-refractivity contribution is 5.98. The quantitative estimate of drug-likeness (QED) is 0.769. The maximum absolute atomic E-state index is 12.7. The smallest absolute Gasteiger partial charge is 0.255 e. The van der Waals surface area contributed by atoms with E-state index in [4.69, 9.17) is 14.2 Å². The molecule has 3 rings (SSSR count). The van der Waals surface area contributed by atoms with Crippen molar-refractivity contribution >= 4 is 5.91 Å². The molecule has 0 aliphatic heterocycles. The predicted octanol–water partition coefficient (Wildman–Crippen LogP) is 4.42. The molecule has 0 saturated heterocycles. The highest BCUT2D eigenvalue weighted by Gasteiger charge is 2.24. The van der Waals surface area contributed by atoms with Gasteiger partial charge in [-0.2, -0.15) is 0 Å². The predicted molar refractivity (Wildman–Crippen MR) is 110 cm³/mol. The molecular weight excluding hydrogens is 354 g/mol. The molecule has 1 aliphatic rings. The van der Waals surface area contributed by atoms with Crippen LogP contribution in [0.25, 0.3) is 0 Å². The summed E-state index contributed by atoms with van der Waals surface area (Å²) in [5, 5.41) is 3.07. The Balaban J connectivity index is 1.58. The summed E-state index contributed by atoms with van der Waals surface area (Å²) in [5.74, 6) is 2.36. The Morgan fingerprint density at radius 3 is 2.18 bits per heavy atom. The Morgan fingerprint density at radius 2 is 1.57 bits per heavy atom. The zero-order chi connectivity index (χ0) is 19.9. The van der Waals surface area contributed by atoms with Gasteiger partial charge in [0.15, 0.2) is 11.5 Å². The third-order valence-electron chi connectivity index (χ3n) is 5.62. The van der Waals surface area contributed by atoms with E-state index < -0.39 is 0 Å². The lowest BCUT2D eigenvalue weighted by atomic mass is 9.78. The lowest BCUT2D eigenvalue weighted by Crippen LogP contribution is -2.31. The number of carbonyl (C=O) groups excluding carboxylic acids is 1. The molecule has 2 aromatic carbocycles. The van der Waals surface area contributed by atoms with Crippen LogP contribution >= 0.6 is 0 Å². The van der Waals surface area contributed by atoms with Gasteiger partial charge >= 0.3 is 0 Å². The van der Waals surface area contributed by atoms with Gasteiger partial charge in [0.2, 0.25) is 5.75 Å². The van der Waals surface area contributed by atoms with Gasteiger partial charge in [-0.1, -0.05) is 30.3 Å². The van der Waals surface area contributed by atoms with E-state index in [-0.39, 0.29) is 5.91 Å². The summed E-state index contributed by atoms with van der Waals surface area (Å²) >= 11 is 0. The van der Waals surface area contributed by atoms with E-state index in [1.807, 2.05) is 0 Å². The first kappa shape index (κ1) is 20.1. The van der Waals surface area contributed by atoms with Crippen molar-refractivity contribution in [3.63, 3.8) is 0 Å². The Hall–Kier alpha value is -2.69. The van der Waals surface area contributed by atoms with Crippen molar-refractivity contribution < 1.29 is 19.0 Å². The maximum atomic E-state index is 12.7. The van der Waals surface area contributed by atoms with Crippen LogP contribution in [-0.2, 0) is 0 Å². The largest absolute Gasteiger partial charge is 0.493 e. The van der Waals surface area contributed by atoms with E-state index >= 15 is 0 Å². The van der Waals surface area contributed by atoms with Crippen LogP contribution < -0.4 is 19.5 Å². The zero-order valence-electron chi connectivity index (χ0n) is 16.9. The van der Waals surface area contributed by atoms with Gasteiger partial charge in [0.05, 0.1) is 26.9 Å². The second-order valence-corrected chi connectivity index (χ2v) is 7.22. The van der Waals surface area contributed by atoms with Gasteiger partial charge < -0.3 is 19.5 Å². The van der Waals surface area contributed by atoms with Crippen LogP contribution in [0.2, 0.25) is 0 Å². The fourth-order valence-electron chi connectivity index (χ4n) is 4.04. The molecule has 1 amide bonds. The number of hydrogen-bond donors (Lipinski definition) is 1. The van der Waals surface area contributed by atoms with Gasteiger partial charge in [-0.15, -0.1) is 0 Å². The molecule has 0 spiro atoms. The van der Waals surface area contributed by atoms with Crippen molar-refractivity contribution in [2.24, 2.45) is 5.92 Å². The summed E-state index contributed by atoms with van der Waals surface area (Å²) < 4.78 is 16.1. The molecule has 0 aromatic heterocycles. The van der Waals surface area contributed by atoms with Crippen LogP contribution in [0.4, 0.5) is 0 Å². The van der Waals surface area contributed by atoms with Crippen molar-refractivity contribution in [2.75, 3.05) is 27.9 Å². The van der Waals surface area contributed by atoms with E-state index in [0.717, 1.165) is 12.8 Å². The van der Waals surface area contributed by atoms with Crippen LogP contribution in [-0.4, -0.2) is 33.8 Å². The molecule has 5 heteroatoms. The van der Waals surface area contributed by atoms with Crippen molar-refractivity contribution in [3.05, 3.63) is 53.6 Å². The number of carbonyl (C=O) groups is 1. The molecule has 1 saturated carbocycles. The van der Waals surface area contributed by atoms with Gasteiger partial charge in [-0.3, -0.25) is 4.79 Å². The van der Waals surface area contributed by atoms with E-state index in [0.29, 0.717) is 41.2 Å². The number of rotatable bonds is 7. The highest BCUT2D eigenvalue weighted by Crippen LogP contribution is 2.40. The molecule has 2 aromatic rings. The minimum absolute atomic E-state index is 0.150. The molecule has 150 valence electrons. The molecule has 0 radical (unpaired) electrons. The van der Waals surface area contributed by atoms with Gasteiger partial charge in [0, 0.05) is 6.54 Å². The normalized spacial score (nSPS) is 19.0. The summed E-state index contributed by atoms with van der Waals surface area (Å²) in [5.41, 5.74) is 1.89. The Labute approximate surface area is 167 Å². The first-order chi connectivity index (χ1) is 13.7. The lowest BCUT2D eigenvalue weighted by Gasteiger charge is -2.29. The van der Waals surface area contributed by atoms with Crippen LogP contribution in [0.1, 0.15) is 47.5 Å². The minimum atomic E-state index is -0.150. The summed E-state index contributed by atoms with van der Waals surface area (Å²) in [7, 11) is 4.62. The zero-order valence-corrected chi connectivity index (χ0v) is 16.9. The van der Waals surface area contributed by atoms with Crippen molar-refractivity contribution in [1.29, 1.82) is 0 Å². The van der Waals surface area contributed by atoms with Crippen LogP contribution in [0.3, 0.4) is 0 Å². The number of nitrogens with one attached hydrogen (secondary N) is 1. The minimum Gasteiger partial charge on any atom is -0.493 e. The molecule has 0 atom stereocenters. The lowest BCUT2D eigenvalue weighted by molar-refractivity contribution is 0.0939. The standard InChI is InChI=1S/C23H29NO4/c1-26-20-14-13-19(21(27-2)22(20)28-3)23(25)24-15-16-9-11-18(12-10-16)17-7-5-4-6-8-17/h4-8,13-14,16,18H,9-12,15H2,1-3H3,(H,24,25). The van der Waals surface area contributed by atoms with Gasteiger partial charge in [0.25, 0.3) is 5.91 Å². The van der Waals surface area contributed by atoms with Crippen LogP contribution in [0.15, 0.2) is 42.5 Å². The molecule has 1 N–H and O–H groups in total. The van der Waals surface area contributed by atoms with Crippen LogP contribution in [0.5, 0.6) is 17.2 Å². The van der Waals surface area contributed by atoms with Gasteiger partial charge in [-0.25, -0.2) is 0 Å². The Morgan fingerprint density at radius 1 is 0.893 bits per heavy atom. The summed E-state index contributed by atoms with van der Waals surface area (Å²) in [6.07, 6.45) is 4.60. The highest BCUT2D eigenvalue weighted by atomic mass is 16.5. The fraction of sp³-hybridized carbons (Fsp3) is 0.435. The average Bonchev–Trinajstić information content (AvgIpc) is 2.77. The number of hydrogen-bond acceptors (Lipinski definition) is 4. The summed E-state index contributed by atoms with van der Waals surface area (Å²) in [6.45, 7) is 0.678.